The molecular formula is C10H14N4O2. The first-order valence-corrected chi connectivity index (χ1v) is 5.10. The number of rotatable bonds is 4. The first kappa shape index (κ1) is 10.8. The molecule has 0 aliphatic carbocycles. The first-order valence-electron chi connectivity index (χ1n) is 5.10. The molecule has 2 aromatic heterocycles. The predicted molar refractivity (Wildman–Crippen MR) is 60.1 cm³/mol. The van der Waals surface area contributed by atoms with E-state index in [9.17, 15) is 4.79 Å². The summed E-state index contributed by atoms with van der Waals surface area (Å²) in [6.45, 7) is 2.53. The van der Waals surface area contributed by atoms with Crippen molar-refractivity contribution >= 4 is 11.0 Å². The van der Waals surface area contributed by atoms with E-state index in [1.807, 2.05) is 6.92 Å². The summed E-state index contributed by atoms with van der Waals surface area (Å²) in [6.07, 6.45) is 3.14. The third-order valence-corrected chi connectivity index (χ3v) is 2.46. The molecule has 0 radical (unpaired) electrons. The Bertz CT molecular complexity index is 531. The largest absolute Gasteiger partial charge is 0.395 e. The second kappa shape index (κ2) is 4.46. The summed E-state index contributed by atoms with van der Waals surface area (Å²) in [5.74, 6) is 0. The van der Waals surface area contributed by atoms with Crippen LogP contribution in [-0.2, 0) is 6.54 Å². The number of aliphatic hydroxyl groups excluding tert-OH is 1. The normalized spacial score (nSPS) is 13.1. The molecule has 0 bridgehead atoms. The first-order chi connectivity index (χ1) is 7.72. The number of fused-ring (bicyclic) bond motifs is 1. The number of aromatic amines is 2. The van der Waals surface area contributed by atoms with Gasteiger partial charge in [0.1, 0.15) is 5.52 Å². The van der Waals surface area contributed by atoms with Crippen molar-refractivity contribution in [2.24, 2.45) is 0 Å². The van der Waals surface area contributed by atoms with Crippen LogP contribution < -0.4 is 10.9 Å². The molecule has 0 spiro atoms. The van der Waals surface area contributed by atoms with Crippen molar-refractivity contribution in [3.63, 3.8) is 0 Å². The molecule has 0 aliphatic rings. The number of hydrogen-bond donors (Lipinski definition) is 4. The van der Waals surface area contributed by atoms with E-state index in [4.69, 9.17) is 5.11 Å². The van der Waals surface area contributed by atoms with Gasteiger partial charge in [0, 0.05) is 24.3 Å². The molecule has 16 heavy (non-hydrogen) atoms. The lowest BCUT2D eigenvalue weighted by molar-refractivity contribution is 0.251. The van der Waals surface area contributed by atoms with Gasteiger partial charge in [0.2, 0.25) is 0 Å². The van der Waals surface area contributed by atoms with Crippen LogP contribution in [0.4, 0.5) is 0 Å². The maximum Gasteiger partial charge on any atom is 0.275 e. The molecule has 1 atom stereocenters. The van der Waals surface area contributed by atoms with Gasteiger partial charge in [0.25, 0.3) is 5.56 Å². The molecule has 2 heterocycles. The number of nitrogens with zero attached hydrogens (tertiary/aromatic N) is 1. The zero-order valence-electron chi connectivity index (χ0n) is 8.95. The highest BCUT2D eigenvalue weighted by molar-refractivity contribution is 5.77. The van der Waals surface area contributed by atoms with E-state index in [1.165, 1.54) is 6.33 Å². The van der Waals surface area contributed by atoms with E-state index >= 15 is 0 Å². The maximum absolute atomic E-state index is 11.4. The third-order valence-electron chi connectivity index (χ3n) is 2.46. The summed E-state index contributed by atoms with van der Waals surface area (Å²) in [5, 5.41) is 12.0. The second-order valence-electron chi connectivity index (χ2n) is 3.73. The smallest absolute Gasteiger partial charge is 0.275 e. The van der Waals surface area contributed by atoms with Crippen LogP contribution >= 0.6 is 0 Å². The highest BCUT2D eigenvalue weighted by Gasteiger charge is 2.08. The lowest BCUT2D eigenvalue weighted by atomic mass is 10.2. The van der Waals surface area contributed by atoms with Crippen molar-refractivity contribution in [2.45, 2.75) is 19.5 Å². The summed E-state index contributed by atoms with van der Waals surface area (Å²) in [7, 11) is 0. The SMILES string of the molecule is C[C@H](CO)NCc1c[nH]c2c(=O)[nH]cnc12. The van der Waals surface area contributed by atoms with Crippen molar-refractivity contribution in [3.8, 4) is 0 Å². The Morgan fingerprint density at radius 1 is 1.56 bits per heavy atom. The van der Waals surface area contributed by atoms with Gasteiger partial charge < -0.3 is 20.4 Å². The van der Waals surface area contributed by atoms with Gasteiger partial charge in [-0.05, 0) is 6.92 Å². The second-order valence-corrected chi connectivity index (χ2v) is 3.73. The summed E-state index contributed by atoms with van der Waals surface area (Å²) in [6, 6.07) is 0.0203. The highest BCUT2D eigenvalue weighted by Crippen LogP contribution is 2.10. The lowest BCUT2D eigenvalue weighted by Crippen LogP contribution is -2.28. The summed E-state index contributed by atoms with van der Waals surface area (Å²) in [5.41, 5.74) is 1.89. The van der Waals surface area contributed by atoms with Crippen molar-refractivity contribution in [1.82, 2.24) is 20.3 Å². The molecule has 0 aliphatic heterocycles. The minimum atomic E-state index is -0.175. The van der Waals surface area contributed by atoms with Gasteiger partial charge in [-0.1, -0.05) is 0 Å². The summed E-state index contributed by atoms with van der Waals surface area (Å²) < 4.78 is 0. The monoisotopic (exact) mass is 222 g/mol. The van der Waals surface area contributed by atoms with Crippen LogP contribution in [0.1, 0.15) is 12.5 Å². The zero-order chi connectivity index (χ0) is 11.5. The van der Waals surface area contributed by atoms with Gasteiger partial charge in [-0.2, -0.15) is 0 Å². The fourth-order valence-electron chi connectivity index (χ4n) is 1.49. The zero-order valence-corrected chi connectivity index (χ0v) is 8.95. The average molecular weight is 222 g/mol. The Balaban J connectivity index is 2.26. The van der Waals surface area contributed by atoms with Crippen LogP contribution in [0.3, 0.4) is 0 Å². The third kappa shape index (κ3) is 1.98. The predicted octanol–water partition coefficient (Wildman–Crippen LogP) is -0.278. The Kier molecular flexibility index (Phi) is 3.02. The average Bonchev–Trinajstić information content (AvgIpc) is 2.70. The van der Waals surface area contributed by atoms with Crippen LogP contribution in [0.25, 0.3) is 11.0 Å². The van der Waals surface area contributed by atoms with E-state index < -0.39 is 0 Å². The Morgan fingerprint density at radius 3 is 3.12 bits per heavy atom. The fourth-order valence-corrected chi connectivity index (χ4v) is 1.49. The molecule has 2 aromatic rings. The van der Waals surface area contributed by atoms with Gasteiger partial charge in [-0.3, -0.25) is 4.79 Å². The molecule has 0 saturated heterocycles. The number of aromatic nitrogens is 3. The lowest BCUT2D eigenvalue weighted by Gasteiger charge is -2.09. The molecule has 2 rings (SSSR count). The van der Waals surface area contributed by atoms with E-state index in [0.717, 1.165) is 5.56 Å². The Morgan fingerprint density at radius 2 is 2.38 bits per heavy atom. The Labute approximate surface area is 91.7 Å². The minimum absolute atomic E-state index is 0.0203. The molecule has 0 unspecified atom stereocenters. The minimum Gasteiger partial charge on any atom is -0.395 e. The molecule has 6 nitrogen and oxygen atoms in total. The van der Waals surface area contributed by atoms with Crippen molar-refractivity contribution < 1.29 is 5.11 Å². The van der Waals surface area contributed by atoms with Crippen LogP contribution in [0.2, 0.25) is 0 Å². The molecular weight excluding hydrogens is 208 g/mol. The molecule has 4 N–H and O–H groups in total. The quantitative estimate of drug-likeness (QED) is 0.572. The number of nitrogens with one attached hydrogen (secondary N) is 3. The van der Waals surface area contributed by atoms with Crippen molar-refractivity contribution in [3.05, 3.63) is 28.4 Å². The molecule has 0 aromatic carbocycles. The van der Waals surface area contributed by atoms with E-state index in [2.05, 4.69) is 20.3 Å². The van der Waals surface area contributed by atoms with Gasteiger partial charge in [0.15, 0.2) is 0 Å². The molecule has 0 fully saturated rings. The van der Waals surface area contributed by atoms with Crippen LogP contribution in [0.5, 0.6) is 0 Å². The highest BCUT2D eigenvalue weighted by atomic mass is 16.3. The van der Waals surface area contributed by atoms with Gasteiger partial charge >= 0.3 is 0 Å². The maximum atomic E-state index is 11.4. The number of aliphatic hydroxyl groups is 1. The van der Waals surface area contributed by atoms with Crippen molar-refractivity contribution in [2.75, 3.05) is 6.61 Å². The molecule has 6 heteroatoms. The van der Waals surface area contributed by atoms with E-state index in [1.54, 1.807) is 6.20 Å². The molecule has 0 saturated carbocycles. The standard InChI is InChI=1S/C10H14N4O2/c1-6(4-15)11-2-7-3-12-9-8(7)13-5-14-10(9)16/h3,5-6,11-12,15H,2,4H2,1H3,(H,13,14,16)/t6-/m1/s1. The van der Waals surface area contributed by atoms with Crippen LogP contribution in [0, 0.1) is 0 Å². The summed E-state index contributed by atoms with van der Waals surface area (Å²) in [4.78, 5) is 20.9. The fraction of sp³-hybridized carbons (Fsp3) is 0.400. The van der Waals surface area contributed by atoms with Crippen LogP contribution in [-0.4, -0.2) is 32.7 Å². The molecule has 86 valence electrons. The van der Waals surface area contributed by atoms with Gasteiger partial charge in [-0.25, -0.2) is 4.98 Å². The van der Waals surface area contributed by atoms with Crippen LogP contribution in [0.15, 0.2) is 17.3 Å². The Hall–Kier alpha value is -1.66. The van der Waals surface area contributed by atoms with Gasteiger partial charge in [0.05, 0.1) is 18.5 Å². The number of H-pyrrole nitrogens is 2. The van der Waals surface area contributed by atoms with E-state index in [-0.39, 0.29) is 18.2 Å². The van der Waals surface area contributed by atoms with Gasteiger partial charge in [-0.15, -0.1) is 0 Å². The topological polar surface area (TPSA) is 93.8 Å². The molecule has 0 amide bonds. The summed E-state index contributed by atoms with van der Waals surface area (Å²) >= 11 is 0. The number of hydrogen-bond acceptors (Lipinski definition) is 4. The van der Waals surface area contributed by atoms with Crippen molar-refractivity contribution in [1.29, 1.82) is 0 Å². The van der Waals surface area contributed by atoms with E-state index in [0.29, 0.717) is 17.6 Å².